The molecule has 0 unspecified atom stereocenters. The number of rotatable bonds is 3. The first-order valence-corrected chi connectivity index (χ1v) is 6.31. The van der Waals surface area contributed by atoms with Crippen molar-refractivity contribution in [3.05, 3.63) is 32.4 Å². The van der Waals surface area contributed by atoms with Crippen molar-refractivity contribution in [2.45, 2.75) is 12.8 Å². The van der Waals surface area contributed by atoms with Gasteiger partial charge < -0.3 is 0 Å². The zero-order valence-corrected chi connectivity index (χ0v) is 11.0. The molecule has 0 aliphatic rings. The van der Waals surface area contributed by atoms with E-state index < -0.39 is 0 Å². The molecule has 1 aromatic rings. The highest BCUT2D eigenvalue weighted by atomic mass is 127. The molecule has 66 valence electrons. The number of halogens is 3. The van der Waals surface area contributed by atoms with Gasteiger partial charge in [0.25, 0.3) is 0 Å². The molecule has 0 fully saturated rings. The van der Waals surface area contributed by atoms with Crippen molar-refractivity contribution in [3.63, 3.8) is 0 Å². The van der Waals surface area contributed by atoms with Crippen LogP contribution in [0.15, 0.2) is 18.2 Å². The average molecular weight is 359 g/mol. The predicted octanol–water partition coefficient (Wildman–Crippen LogP) is 4.27. The monoisotopic (exact) mass is 358 g/mol. The zero-order valence-electron chi connectivity index (χ0n) is 6.49. The van der Waals surface area contributed by atoms with E-state index in [4.69, 9.17) is 11.6 Å². The molecular formula is C9H9BrClI. The Morgan fingerprint density at radius 3 is 2.75 bits per heavy atom. The fourth-order valence-electron chi connectivity index (χ4n) is 0.982. The minimum Gasteiger partial charge on any atom is -0.0928 e. The Balaban J connectivity index is 2.72. The van der Waals surface area contributed by atoms with Crippen LogP contribution in [0.1, 0.15) is 12.0 Å². The Morgan fingerprint density at radius 1 is 1.42 bits per heavy atom. The van der Waals surface area contributed by atoms with Gasteiger partial charge in [-0.25, -0.2) is 0 Å². The molecule has 12 heavy (non-hydrogen) atoms. The molecule has 0 aliphatic heterocycles. The molecule has 0 saturated heterocycles. The summed E-state index contributed by atoms with van der Waals surface area (Å²) in [7, 11) is 0. The van der Waals surface area contributed by atoms with E-state index in [1.165, 1.54) is 9.13 Å². The van der Waals surface area contributed by atoms with E-state index >= 15 is 0 Å². The minimum absolute atomic E-state index is 0.892. The van der Waals surface area contributed by atoms with Crippen molar-refractivity contribution >= 4 is 50.1 Å². The first-order chi connectivity index (χ1) is 5.74. The molecule has 0 atom stereocenters. The van der Waals surface area contributed by atoms with Crippen molar-refractivity contribution in [2.24, 2.45) is 0 Å². The summed E-state index contributed by atoms with van der Waals surface area (Å²) in [4.78, 5) is 0. The molecule has 0 amide bonds. The first-order valence-electron chi connectivity index (χ1n) is 3.74. The second-order valence-electron chi connectivity index (χ2n) is 2.53. The predicted molar refractivity (Wildman–Crippen MR) is 66.3 cm³/mol. The smallest absolute Gasteiger partial charge is 0.0448 e. The quantitative estimate of drug-likeness (QED) is 0.558. The van der Waals surface area contributed by atoms with Gasteiger partial charge in [-0.05, 0) is 53.1 Å². The molecule has 1 aromatic carbocycles. The molecule has 0 aliphatic carbocycles. The molecule has 0 saturated carbocycles. The summed E-state index contributed by atoms with van der Waals surface area (Å²) in [6.07, 6.45) is 2.20. The summed E-state index contributed by atoms with van der Waals surface area (Å²) >= 11 is 11.7. The second kappa shape index (κ2) is 5.45. The van der Waals surface area contributed by atoms with Crippen LogP contribution < -0.4 is 0 Å². The van der Waals surface area contributed by atoms with Crippen LogP contribution in [0.25, 0.3) is 0 Å². The van der Waals surface area contributed by atoms with Gasteiger partial charge in [0.2, 0.25) is 0 Å². The molecule has 0 radical (unpaired) electrons. The second-order valence-corrected chi connectivity index (χ2v) is 4.97. The molecule has 0 bridgehead atoms. The first kappa shape index (κ1) is 10.8. The normalized spacial score (nSPS) is 10.2. The van der Waals surface area contributed by atoms with Gasteiger partial charge in [-0.2, -0.15) is 0 Å². The van der Waals surface area contributed by atoms with Crippen molar-refractivity contribution in [3.8, 4) is 0 Å². The number of hydrogen-bond acceptors (Lipinski definition) is 0. The van der Waals surface area contributed by atoms with Crippen molar-refractivity contribution in [1.82, 2.24) is 0 Å². The van der Waals surface area contributed by atoms with Gasteiger partial charge >= 0.3 is 0 Å². The standard InChI is InChI=1S/C9H9BrClI/c10-5-1-2-7-3-4-8(12)6-9(7)11/h3-4,6H,1-2,5H2. The number of aryl methyl sites for hydroxylation is 1. The molecule has 0 aromatic heterocycles. The van der Waals surface area contributed by atoms with E-state index in [1.54, 1.807) is 0 Å². The highest BCUT2D eigenvalue weighted by Crippen LogP contribution is 2.20. The van der Waals surface area contributed by atoms with Crippen molar-refractivity contribution in [2.75, 3.05) is 5.33 Å². The Morgan fingerprint density at radius 2 is 2.17 bits per heavy atom. The summed E-state index contributed by atoms with van der Waals surface area (Å²) in [5.41, 5.74) is 1.25. The van der Waals surface area contributed by atoms with E-state index in [1.807, 2.05) is 6.07 Å². The molecule has 0 nitrogen and oxygen atoms in total. The lowest BCUT2D eigenvalue weighted by Gasteiger charge is -2.02. The van der Waals surface area contributed by atoms with Gasteiger partial charge in [0.1, 0.15) is 0 Å². The van der Waals surface area contributed by atoms with Crippen molar-refractivity contribution < 1.29 is 0 Å². The summed E-state index contributed by atoms with van der Waals surface area (Å²) in [5, 5.41) is 1.93. The lowest BCUT2D eigenvalue weighted by atomic mass is 10.1. The van der Waals surface area contributed by atoms with Gasteiger partial charge in [0, 0.05) is 13.9 Å². The van der Waals surface area contributed by atoms with Crippen LogP contribution in [0.2, 0.25) is 5.02 Å². The fourth-order valence-corrected chi connectivity index (χ4v) is 2.21. The Kier molecular flexibility index (Phi) is 4.90. The summed E-state index contributed by atoms with van der Waals surface area (Å²) < 4.78 is 1.19. The van der Waals surface area contributed by atoms with Crippen LogP contribution in [0, 0.1) is 3.57 Å². The average Bonchev–Trinajstić information content (AvgIpc) is 2.03. The summed E-state index contributed by atoms with van der Waals surface area (Å²) in [6, 6.07) is 6.20. The summed E-state index contributed by atoms with van der Waals surface area (Å²) in [5.74, 6) is 0. The fraction of sp³-hybridized carbons (Fsp3) is 0.333. The van der Waals surface area contributed by atoms with E-state index in [2.05, 4.69) is 50.7 Å². The van der Waals surface area contributed by atoms with E-state index in [0.29, 0.717) is 0 Å². The van der Waals surface area contributed by atoms with Gasteiger partial charge in [0.05, 0.1) is 0 Å². The van der Waals surface area contributed by atoms with E-state index in [9.17, 15) is 0 Å². The van der Waals surface area contributed by atoms with Crippen LogP contribution in [0.3, 0.4) is 0 Å². The molecule has 1 rings (SSSR count). The third kappa shape index (κ3) is 3.23. The van der Waals surface area contributed by atoms with Gasteiger partial charge in [0.15, 0.2) is 0 Å². The van der Waals surface area contributed by atoms with Gasteiger partial charge in [-0.15, -0.1) is 0 Å². The van der Waals surface area contributed by atoms with E-state index in [0.717, 1.165) is 23.2 Å². The number of alkyl halides is 1. The third-order valence-corrected chi connectivity index (χ3v) is 3.18. The molecular weight excluding hydrogens is 350 g/mol. The van der Waals surface area contributed by atoms with Gasteiger partial charge in [-0.1, -0.05) is 33.6 Å². The zero-order chi connectivity index (χ0) is 8.97. The van der Waals surface area contributed by atoms with Gasteiger partial charge in [-0.3, -0.25) is 0 Å². The van der Waals surface area contributed by atoms with Crippen LogP contribution in [-0.2, 0) is 6.42 Å². The Bertz CT molecular complexity index is 263. The number of benzene rings is 1. The van der Waals surface area contributed by atoms with Crippen LogP contribution in [-0.4, -0.2) is 5.33 Å². The minimum atomic E-state index is 0.892. The maximum absolute atomic E-state index is 6.05. The molecule has 0 heterocycles. The lowest BCUT2D eigenvalue weighted by molar-refractivity contribution is 0.939. The maximum atomic E-state index is 6.05. The molecule has 3 heteroatoms. The molecule has 0 spiro atoms. The van der Waals surface area contributed by atoms with Crippen LogP contribution >= 0.6 is 50.1 Å². The van der Waals surface area contributed by atoms with E-state index in [-0.39, 0.29) is 0 Å². The Hall–Kier alpha value is 0.720. The lowest BCUT2D eigenvalue weighted by Crippen LogP contribution is -1.87. The van der Waals surface area contributed by atoms with Crippen LogP contribution in [0.4, 0.5) is 0 Å². The topological polar surface area (TPSA) is 0 Å². The SMILES string of the molecule is Clc1cc(I)ccc1CCCBr. The van der Waals surface area contributed by atoms with Crippen molar-refractivity contribution in [1.29, 1.82) is 0 Å². The Labute approximate surface area is 100.0 Å². The highest BCUT2D eigenvalue weighted by molar-refractivity contribution is 14.1. The third-order valence-electron chi connectivity index (χ3n) is 1.59. The largest absolute Gasteiger partial charge is 0.0928 e. The number of hydrogen-bond donors (Lipinski definition) is 0. The summed E-state index contributed by atoms with van der Waals surface area (Å²) in [6.45, 7) is 0. The maximum Gasteiger partial charge on any atom is 0.0448 e. The molecule has 0 N–H and O–H groups in total. The highest BCUT2D eigenvalue weighted by Gasteiger charge is 1.99. The van der Waals surface area contributed by atoms with Crippen LogP contribution in [0.5, 0.6) is 0 Å².